The molecule has 5 nitrogen and oxygen atoms in total. The zero-order valence-electron chi connectivity index (χ0n) is 19.5. The number of carbonyl (C=O) groups is 1. The lowest BCUT2D eigenvalue weighted by molar-refractivity contribution is -0.140. The summed E-state index contributed by atoms with van der Waals surface area (Å²) in [4.78, 5) is 16.1. The number of carbonyl (C=O) groups excluding carboxylic acids is 1. The number of esters is 1. The Kier molecular flexibility index (Phi) is 9.63. The highest BCUT2D eigenvalue weighted by Crippen LogP contribution is 2.45. The topological polar surface area (TPSA) is 42.0 Å². The highest BCUT2D eigenvalue weighted by Gasteiger charge is 2.28. The van der Waals surface area contributed by atoms with Gasteiger partial charge in [0.2, 0.25) is 0 Å². The lowest BCUT2D eigenvalue weighted by atomic mass is 10.1. The van der Waals surface area contributed by atoms with Crippen LogP contribution in [-0.4, -0.2) is 49.9 Å². The Morgan fingerprint density at radius 2 is 2.00 bits per heavy atom. The standard InChI is InChI=1S/C25H34N2O3S2/c1-5-6-11-20-18-27(19-12-8-7-9-13-19)21-16-24(31-4)22(17-23(21)32-26(20)2)30-15-10-14-25(28)29-3/h7-9,12-13,16-17,20H,5-6,10-11,14-15,18H2,1-4H3. The number of benzene rings is 2. The van der Waals surface area contributed by atoms with Gasteiger partial charge >= 0.3 is 5.97 Å². The molecule has 1 aliphatic rings. The predicted molar refractivity (Wildman–Crippen MR) is 135 cm³/mol. The van der Waals surface area contributed by atoms with E-state index in [-0.39, 0.29) is 5.97 Å². The Morgan fingerprint density at radius 3 is 2.69 bits per heavy atom. The van der Waals surface area contributed by atoms with E-state index in [1.165, 1.54) is 42.6 Å². The second kappa shape index (κ2) is 12.4. The van der Waals surface area contributed by atoms with E-state index in [2.05, 4.69) is 71.9 Å². The number of hydrogen-bond acceptors (Lipinski definition) is 7. The van der Waals surface area contributed by atoms with Crippen LogP contribution in [0.1, 0.15) is 39.0 Å². The number of fused-ring (bicyclic) bond motifs is 1. The maximum absolute atomic E-state index is 11.4. The van der Waals surface area contributed by atoms with Crippen LogP contribution in [0.3, 0.4) is 0 Å². The third-order valence-corrected chi connectivity index (χ3v) is 7.52. The number of unbranched alkanes of at least 4 members (excludes halogenated alkanes) is 1. The summed E-state index contributed by atoms with van der Waals surface area (Å²) in [5, 5.41) is 0. The van der Waals surface area contributed by atoms with E-state index in [1.54, 1.807) is 23.7 Å². The van der Waals surface area contributed by atoms with Gasteiger partial charge in [-0.05, 0) is 62.4 Å². The van der Waals surface area contributed by atoms with Gasteiger partial charge in [-0.3, -0.25) is 4.79 Å². The molecule has 1 aliphatic heterocycles. The Bertz CT molecular complexity index is 879. The molecule has 32 heavy (non-hydrogen) atoms. The normalized spacial score (nSPS) is 16.4. The summed E-state index contributed by atoms with van der Waals surface area (Å²) in [6, 6.07) is 15.5. The molecular weight excluding hydrogens is 440 g/mol. The van der Waals surface area contributed by atoms with Gasteiger partial charge in [0.1, 0.15) is 5.75 Å². The quantitative estimate of drug-likeness (QED) is 0.171. The number of methoxy groups -OCH3 is 1. The number of likely N-dealkylation sites (N-methyl/N-ethyl adjacent to an activating group) is 1. The van der Waals surface area contributed by atoms with Crippen molar-refractivity contribution in [1.82, 2.24) is 4.31 Å². The fraction of sp³-hybridized carbons (Fsp3) is 0.480. The van der Waals surface area contributed by atoms with E-state index < -0.39 is 0 Å². The molecule has 3 rings (SSSR count). The molecular formula is C25H34N2O3S2. The van der Waals surface area contributed by atoms with Gasteiger partial charge < -0.3 is 14.4 Å². The van der Waals surface area contributed by atoms with Crippen molar-refractivity contribution >= 4 is 41.1 Å². The van der Waals surface area contributed by atoms with Crippen LogP contribution in [0.4, 0.5) is 11.4 Å². The van der Waals surface area contributed by atoms with E-state index in [0.717, 1.165) is 17.2 Å². The first-order chi connectivity index (χ1) is 15.6. The number of para-hydroxylation sites is 1. The summed E-state index contributed by atoms with van der Waals surface area (Å²) < 4.78 is 13.2. The molecule has 0 bridgehead atoms. The van der Waals surface area contributed by atoms with Crippen molar-refractivity contribution in [1.29, 1.82) is 0 Å². The highest BCUT2D eigenvalue weighted by atomic mass is 32.2. The van der Waals surface area contributed by atoms with Gasteiger partial charge in [-0.1, -0.05) is 38.0 Å². The molecule has 1 atom stereocenters. The average Bonchev–Trinajstić information content (AvgIpc) is 2.95. The molecule has 0 aromatic heterocycles. The van der Waals surface area contributed by atoms with Gasteiger partial charge in [0.25, 0.3) is 0 Å². The minimum atomic E-state index is -0.200. The Morgan fingerprint density at radius 1 is 1.22 bits per heavy atom. The number of rotatable bonds is 10. The van der Waals surface area contributed by atoms with Crippen LogP contribution in [-0.2, 0) is 9.53 Å². The van der Waals surface area contributed by atoms with E-state index >= 15 is 0 Å². The van der Waals surface area contributed by atoms with Crippen LogP contribution in [0.2, 0.25) is 0 Å². The summed E-state index contributed by atoms with van der Waals surface area (Å²) >= 11 is 3.49. The van der Waals surface area contributed by atoms with Crippen LogP contribution in [0.5, 0.6) is 5.75 Å². The van der Waals surface area contributed by atoms with Crippen molar-refractivity contribution in [2.45, 2.75) is 54.9 Å². The summed E-state index contributed by atoms with van der Waals surface area (Å²) in [6.07, 6.45) is 6.68. The Hall–Kier alpha value is -1.83. The predicted octanol–water partition coefficient (Wildman–Crippen LogP) is 6.39. The van der Waals surface area contributed by atoms with Gasteiger partial charge in [0.15, 0.2) is 0 Å². The zero-order valence-corrected chi connectivity index (χ0v) is 21.1. The number of hydrogen-bond donors (Lipinski definition) is 0. The fourth-order valence-corrected chi connectivity index (χ4v) is 5.41. The monoisotopic (exact) mass is 474 g/mol. The van der Waals surface area contributed by atoms with Crippen LogP contribution in [0.25, 0.3) is 0 Å². The smallest absolute Gasteiger partial charge is 0.305 e. The van der Waals surface area contributed by atoms with Crippen molar-refractivity contribution in [3.8, 4) is 5.75 Å². The first-order valence-corrected chi connectivity index (χ1v) is 13.2. The maximum atomic E-state index is 11.4. The van der Waals surface area contributed by atoms with Crippen LogP contribution < -0.4 is 9.64 Å². The van der Waals surface area contributed by atoms with Crippen LogP contribution in [0, 0.1) is 0 Å². The number of thioether (sulfide) groups is 1. The van der Waals surface area contributed by atoms with Gasteiger partial charge in [-0.2, -0.15) is 0 Å². The van der Waals surface area contributed by atoms with Crippen molar-refractivity contribution < 1.29 is 14.3 Å². The third kappa shape index (κ3) is 6.36. The highest BCUT2D eigenvalue weighted by molar-refractivity contribution is 7.98. The summed E-state index contributed by atoms with van der Waals surface area (Å²) in [6.45, 7) is 3.69. The van der Waals surface area contributed by atoms with Crippen LogP contribution in [0.15, 0.2) is 52.3 Å². The van der Waals surface area contributed by atoms with Crippen LogP contribution >= 0.6 is 23.7 Å². The minimum absolute atomic E-state index is 0.200. The SMILES string of the molecule is CCCCC1CN(c2ccccc2)c2cc(SC)c(OCCCC(=O)OC)cc2SN1C. The second-order valence-corrected chi connectivity index (χ2v) is 9.93. The van der Waals surface area contributed by atoms with Gasteiger partial charge in [0.05, 0.1) is 29.2 Å². The molecule has 0 fully saturated rings. The number of nitrogens with zero attached hydrogens (tertiary/aromatic N) is 2. The molecule has 0 N–H and O–H groups in total. The van der Waals surface area contributed by atoms with Crippen molar-refractivity contribution in [3.05, 3.63) is 42.5 Å². The van der Waals surface area contributed by atoms with E-state index in [1.807, 2.05) is 0 Å². The summed E-state index contributed by atoms with van der Waals surface area (Å²) in [5.41, 5.74) is 2.43. The van der Waals surface area contributed by atoms with Gasteiger partial charge in [-0.25, -0.2) is 4.31 Å². The van der Waals surface area contributed by atoms with E-state index in [0.29, 0.717) is 25.5 Å². The van der Waals surface area contributed by atoms with E-state index in [9.17, 15) is 4.79 Å². The van der Waals surface area contributed by atoms with E-state index in [4.69, 9.17) is 9.47 Å². The molecule has 0 saturated carbocycles. The van der Waals surface area contributed by atoms with Gasteiger partial charge in [-0.15, -0.1) is 11.8 Å². The number of ether oxygens (including phenoxy) is 2. The van der Waals surface area contributed by atoms with Crippen molar-refractivity contribution in [2.75, 3.05) is 38.5 Å². The second-order valence-electron chi connectivity index (χ2n) is 7.88. The largest absolute Gasteiger partial charge is 0.492 e. The Balaban J connectivity index is 1.91. The molecule has 1 heterocycles. The molecule has 0 amide bonds. The average molecular weight is 475 g/mol. The summed E-state index contributed by atoms with van der Waals surface area (Å²) in [5.74, 6) is 0.677. The number of anilines is 2. The maximum Gasteiger partial charge on any atom is 0.305 e. The minimum Gasteiger partial charge on any atom is -0.492 e. The molecule has 7 heteroatoms. The van der Waals surface area contributed by atoms with Gasteiger partial charge in [0, 0.05) is 24.7 Å². The molecule has 0 saturated heterocycles. The van der Waals surface area contributed by atoms with Crippen molar-refractivity contribution in [3.63, 3.8) is 0 Å². The summed E-state index contributed by atoms with van der Waals surface area (Å²) in [7, 11) is 3.62. The molecule has 2 aromatic carbocycles. The molecule has 1 unspecified atom stereocenters. The molecule has 0 radical (unpaired) electrons. The molecule has 0 aliphatic carbocycles. The lowest BCUT2D eigenvalue weighted by Gasteiger charge is -2.30. The molecule has 2 aromatic rings. The Labute approximate surface area is 201 Å². The fourth-order valence-electron chi connectivity index (χ4n) is 3.81. The van der Waals surface area contributed by atoms with Crippen molar-refractivity contribution in [2.24, 2.45) is 0 Å². The lowest BCUT2D eigenvalue weighted by Crippen LogP contribution is -2.35. The first kappa shape index (κ1) is 24.8. The first-order valence-electron chi connectivity index (χ1n) is 11.2. The zero-order chi connectivity index (χ0) is 22.9. The third-order valence-electron chi connectivity index (χ3n) is 5.66. The molecule has 174 valence electrons. The molecule has 0 spiro atoms.